The highest BCUT2D eigenvalue weighted by Gasteiger charge is 2.16. The lowest BCUT2D eigenvalue weighted by Gasteiger charge is -2.12. The Kier molecular flexibility index (Phi) is 5.98. The third kappa shape index (κ3) is 3.84. The van der Waals surface area contributed by atoms with Crippen LogP contribution in [0.1, 0.15) is 0 Å². The van der Waals surface area contributed by atoms with Gasteiger partial charge in [0, 0.05) is 30.1 Å². The zero-order valence-electron chi connectivity index (χ0n) is 18.1. The van der Waals surface area contributed by atoms with Crippen molar-refractivity contribution in [3.63, 3.8) is 0 Å². The van der Waals surface area contributed by atoms with Gasteiger partial charge in [0.05, 0.1) is 38.4 Å². The quantitative estimate of drug-likeness (QED) is 0.455. The van der Waals surface area contributed by atoms with Crippen molar-refractivity contribution in [2.24, 2.45) is 0 Å². The average molecular weight is 436 g/mol. The van der Waals surface area contributed by atoms with Gasteiger partial charge in [-0.25, -0.2) is 4.68 Å². The fourth-order valence-electron chi connectivity index (χ4n) is 3.77. The summed E-state index contributed by atoms with van der Waals surface area (Å²) >= 11 is 0. The van der Waals surface area contributed by atoms with E-state index in [1.54, 1.807) is 19.2 Å². The lowest BCUT2D eigenvalue weighted by molar-refractivity contribution is -0.121. The molecular formula is C23H24N4O5. The molecule has 166 valence electrons. The number of methoxy groups -OCH3 is 3. The second-order valence-corrected chi connectivity index (χ2v) is 7.12. The molecule has 0 unspecified atom stereocenters. The summed E-state index contributed by atoms with van der Waals surface area (Å²) < 4.78 is 19.2. The fraction of sp³-hybridized carbons (Fsp3) is 0.261. The van der Waals surface area contributed by atoms with Gasteiger partial charge in [-0.15, -0.1) is 0 Å². The number of rotatable bonds is 8. The number of aromatic nitrogens is 3. The number of hydrogen-bond acceptors (Lipinski definition) is 6. The number of nitrogens with zero attached hydrogens (tertiary/aromatic N) is 3. The molecular weight excluding hydrogens is 412 g/mol. The van der Waals surface area contributed by atoms with Crippen LogP contribution in [0, 0.1) is 0 Å². The highest BCUT2D eigenvalue weighted by molar-refractivity contribution is 5.89. The SMILES string of the molecule is COc1ccc2cnn(CC(=O)NCCn3ccc4c(OC)cccc43)c(=O)c2c1OC. The van der Waals surface area contributed by atoms with E-state index in [0.717, 1.165) is 21.3 Å². The minimum absolute atomic E-state index is 0.199. The molecule has 1 N–H and O–H groups in total. The third-order valence-corrected chi connectivity index (χ3v) is 5.32. The van der Waals surface area contributed by atoms with Gasteiger partial charge in [-0.05, 0) is 30.3 Å². The van der Waals surface area contributed by atoms with Crippen LogP contribution in [0.4, 0.5) is 0 Å². The number of benzene rings is 2. The van der Waals surface area contributed by atoms with Gasteiger partial charge in [0.1, 0.15) is 12.3 Å². The standard InChI is InChI=1S/C23H24N4O5/c1-30-18-6-4-5-17-16(18)9-11-26(17)12-10-24-20(28)14-27-23(29)21-15(13-25-27)7-8-19(31-2)22(21)32-3/h4-9,11,13H,10,12,14H2,1-3H3,(H,24,28). The monoisotopic (exact) mass is 436 g/mol. The van der Waals surface area contributed by atoms with E-state index in [4.69, 9.17) is 14.2 Å². The van der Waals surface area contributed by atoms with Crippen molar-refractivity contribution in [1.82, 2.24) is 19.7 Å². The van der Waals surface area contributed by atoms with Crippen molar-refractivity contribution in [2.45, 2.75) is 13.1 Å². The van der Waals surface area contributed by atoms with Crippen LogP contribution in [0.2, 0.25) is 0 Å². The van der Waals surface area contributed by atoms with Gasteiger partial charge in [0.2, 0.25) is 5.91 Å². The Bertz CT molecular complexity index is 1340. The first-order valence-electron chi connectivity index (χ1n) is 10.1. The molecule has 0 spiro atoms. The molecule has 2 heterocycles. The minimum Gasteiger partial charge on any atom is -0.496 e. The van der Waals surface area contributed by atoms with Gasteiger partial charge < -0.3 is 24.1 Å². The van der Waals surface area contributed by atoms with Gasteiger partial charge in [-0.1, -0.05) is 6.07 Å². The van der Waals surface area contributed by atoms with Gasteiger partial charge in [0.25, 0.3) is 5.56 Å². The molecule has 0 bridgehead atoms. The summed E-state index contributed by atoms with van der Waals surface area (Å²) in [6.07, 6.45) is 3.49. The van der Waals surface area contributed by atoms with Crippen LogP contribution in [-0.4, -0.2) is 48.1 Å². The molecule has 0 fully saturated rings. The van der Waals surface area contributed by atoms with Crippen molar-refractivity contribution >= 4 is 27.6 Å². The number of ether oxygens (including phenoxy) is 3. The summed E-state index contributed by atoms with van der Waals surface area (Å²) in [5.41, 5.74) is 0.601. The Hall–Kier alpha value is -4.01. The zero-order valence-corrected chi connectivity index (χ0v) is 18.1. The summed E-state index contributed by atoms with van der Waals surface area (Å²) in [6, 6.07) is 11.3. The molecule has 0 saturated heterocycles. The van der Waals surface area contributed by atoms with Crippen molar-refractivity contribution in [2.75, 3.05) is 27.9 Å². The van der Waals surface area contributed by atoms with Crippen molar-refractivity contribution < 1.29 is 19.0 Å². The smallest absolute Gasteiger partial charge is 0.279 e. The van der Waals surface area contributed by atoms with Crippen LogP contribution in [0.15, 0.2) is 53.6 Å². The Morgan fingerprint density at radius 1 is 1.03 bits per heavy atom. The minimum atomic E-state index is -0.420. The second-order valence-electron chi connectivity index (χ2n) is 7.12. The molecule has 9 heteroatoms. The maximum atomic E-state index is 12.9. The van der Waals surface area contributed by atoms with Crippen molar-refractivity contribution in [1.29, 1.82) is 0 Å². The molecule has 0 aliphatic rings. The molecule has 0 atom stereocenters. The summed E-state index contributed by atoms with van der Waals surface area (Å²) in [5.74, 6) is 1.25. The maximum Gasteiger partial charge on any atom is 0.279 e. The Morgan fingerprint density at radius 3 is 2.59 bits per heavy atom. The summed E-state index contributed by atoms with van der Waals surface area (Å²) in [7, 11) is 4.61. The molecule has 0 aliphatic carbocycles. The highest BCUT2D eigenvalue weighted by Crippen LogP contribution is 2.32. The predicted molar refractivity (Wildman–Crippen MR) is 121 cm³/mol. The van der Waals surface area contributed by atoms with Gasteiger partial charge >= 0.3 is 0 Å². The molecule has 2 aromatic heterocycles. The molecule has 2 aromatic carbocycles. The Labute approximate surface area is 184 Å². The lowest BCUT2D eigenvalue weighted by atomic mass is 10.1. The number of carbonyl (C=O) groups is 1. The molecule has 0 saturated carbocycles. The molecule has 4 rings (SSSR count). The van der Waals surface area contributed by atoms with Crippen LogP contribution >= 0.6 is 0 Å². The number of nitrogens with one attached hydrogen (secondary N) is 1. The van der Waals surface area contributed by atoms with Crippen LogP contribution in [0.5, 0.6) is 17.2 Å². The van der Waals surface area contributed by atoms with Gasteiger partial charge in [-0.2, -0.15) is 5.10 Å². The topological polar surface area (TPSA) is 96.6 Å². The summed E-state index contributed by atoms with van der Waals surface area (Å²) in [6.45, 7) is 0.780. The Morgan fingerprint density at radius 2 is 1.84 bits per heavy atom. The average Bonchev–Trinajstić information content (AvgIpc) is 3.23. The van der Waals surface area contributed by atoms with E-state index in [1.807, 2.05) is 35.0 Å². The molecule has 1 amide bonds. The van der Waals surface area contributed by atoms with E-state index in [2.05, 4.69) is 10.4 Å². The first kappa shape index (κ1) is 21.2. The van der Waals surface area contributed by atoms with Crippen molar-refractivity contribution in [3.8, 4) is 17.2 Å². The summed E-state index contributed by atoms with van der Waals surface area (Å²) in [5, 5.41) is 8.91. The van der Waals surface area contributed by atoms with Crippen LogP contribution in [-0.2, 0) is 17.9 Å². The zero-order chi connectivity index (χ0) is 22.7. The Balaban J connectivity index is 1.47. The molecule has 9 nitrogen and oxygen atoms in total. The fourth-order valence-corrected chi connectivity index (χ4v) is 3.77. The van der Waals surface area contributed by atoms with E-state index < -0.39 is 5.56 Å². The molecule has 0 radical (unpaired) electrons. The van der Waals surface area contributed by atoms with E-state index in [1.165, 1.54) is 20.4 Å². The number of hydrogen-bond donors (Lipinski definition) is 1. The van der Waals surface area contributed by atoms with E-state index in [9.17, 15) is 9.59 Å². The molecule has 32 heavy (non-hydrogen) atoms. The first-order chi connectivity index (χ1) is 15.6. The van der Waals surface area contributed by atoms with Gasteiger partial charge in [-0.3, -0.25) is 9.59 Å². The second kappa shape index (κ2) is 9.01. The first-order valence-corrected chi connectivity index (χ1v) is 10.1. The lowest BCUT2D eigenvalue weighted by Crippen LogP contribution is -2.35. The van der Waals surface area contributed by atoms with Crippen molar-refractivity contribution in [3.05, 3.63) is 59.1 Å². The number of carbonyl (C=O) groups excluding carboxylic acids is 1. The predicted octanol–water partition coefficient (Wildman–Crippen LogP) is 2.19. The largest absolute Gasteiger partial charge is 0.496 e. The number of amides is 1. The van der Waals surface area contributed by atoms with E-state index in [0.29, 0.717) is 35.4 Å². The maximum absolute atomic E-state index is 12.9. The number of fused-ring (bicyclic) bond motifs is 2. The van der Waals surface area contributed by atoms with E-state index >= 15 is 0 Å². The normalized spacial score (nSPS) is 11.0. The summed E-state index contributed by atoms with van der Waals surface area (Å²) in [4.78, 5) is 25.4. The van der Waals surface area contributed by atoms with E-state index in [-0.39, 0.29) is 12.5 Å². The third-order valence-electron chi connectivity index (χ3n) is 5.32. The van der Waals surface area contributed by atoms with Crippen LogP contribution in [0.3, 0.4) is 0 Å². The van der Waals surface area contributed by atoms with Crippen LogP contribution in [0.25, 0.3) is 21.7 Å². The van der Waals surface area contributed by atoms with Crippen LogP contribution < -0.4 is 25.1 Å². The molecule has 4 aromatic rings. The molecule has 0 aliphatic heterocycles. The van der Waals surface area contributed by atoms with Gasteiger partial charge in [0.15, 0.2) is 11.5 Å². The highest BCUT2D eigenvalue weighted by atomic mass is 16.5.